The summed E-state index contributed by atoms with van der Waals surface area (Å²) in [5, 5.41) is 3.11. The number of halogens is 2. The zero-order valence-electron chi connectivity index (χ0n) is 23.9. The summed E-state index contributed by atoms with van der Waals surface area (Å²) in [5.74, 6) is -0.755. The van der Waals surface area contributed by atoms with Gasteiger partial charge in [0.05, 0.1) is 12.6 Å². The molecule has 6 aromatic rings. The Balaban J connectivity index is 1.20. The Labute approximate surface area is 256 Å². The fraction of sp³-hybridized carbons (Fsp3) is 0.0571. The maximum Gasteiger partial charge on any atom is 0.267 e. The van der Waals surface area contributed by atoms with Gasteiger partial charge in [0.25, 0.3) is 11.5 Å². The van der Waals surface area contributed by atoms with Crippen LogP contribution in [-0.4, -0.2) is 22.6 Å². The molecule has 10 heteroatoms. The summed E-state index contributed by atoms with van der Waals surface area (Å²) in [6.45, 7) is 0.335. The summed E-state index contributed by atoms with van der Waals surface area (Å²) in [6.07, 6.45) is 3.01. The quantitative estimate of drug-likeness (QED) is 0.186. The highest BCUT2D eigenvalue weighted by molar-refractivity contribution is 6.04. The third kappa shape index (κ3) is 6.35. The van der Waals surface area contributed by atoms with Crippen molar-refractivity contribution in [3.8, 4) is 28.7 Å². The first-order valence-corrected chi connectivity index (χ1v) is 13.8. The molecular formula is C35H25F2N3O5. The number of pyridine rings is 2. The summed E-state index contributed by atoms with van der Waals surface area (Å²) >= 11 is 0. The van der Waals surface area contributed by atoms with Crippen molar-refractivity contribution in [2.45, 2.75) is 6.61 Å². The zero-order valence-corrected chi connectivity index (χ0v) is 23.9. The van der Waals surface area contributed by atoms with Crippen molar-refractivity contribution >= 4 is 22.5 Å². The molecule has 45 heavy (non-hydrogen) atoms. The predicted molar refractivity (Wildman–Crippen MR) is 165 cm³/mol. The van der Waals surface area contributed by atoms with E-state index in [9.17, 15) is 14.0 Å². The van der Waals surface area contributed by atoms with Gasteiger partial charge in [-0.25, -0.2) is 8.78 Å². The van der Waals surface area contributed by atoms with Crippen molar-refractivity contribution in [1.29, 1.82) is 0 Å². The van der Waals surface area contributed by atoms with E-state index in [0.717, 1.165) is 11.6 Å². The molecular weight excluding hydrogens is 580 g/mol. The number of fused-ring (bicyclic) bond motifs is 1. The number of amides is 1. The van der Waals surface area contributed by atoms with Crippen LogP contribution < -0.4 is 25.1 Å². The third-order valence-corrected chi connectivity index (χ3v) is 6.93. The van der Waals surface area contributed by atoms with Gasteiger partial charge in [-0.2, -0.15) is 0 Å². The Morgan fingerprint density at radius 3 is 2.40 bits per heavy atom. The van der Waals surface area contributed by atoms with Crippen LogP contribution >= 0.6 is 0 Å². The minimum Gasteiger partial charge on any atom is -0.493 e. The van der Waals surface area contributed by atoms with Crippen molar-refractivity contribution in [3.05, 3.63) is 149 Å². The van der Waals surface area contributed by atoms with Gasteiger partial charge < -0.3 is 19.5 Å². The molecule has 6 rings (SSSR count). The van der Waals surface area contributed by atoms with E-state index in [4.69, 9.17) is 14.2 Å². The zero-order chi connectivity index (χ0) is 31.3. The molecule has 0 aliphatic carbocycles. The topological polar surface area (TPSA) is 91.7 Å². The van der Waals surface area contributed by atoms with Gasteiger partial charge in [-0.15, -0.1) is 0 Å². The molecule has 0 atom stereocenters. The average molecular weight is 606 g/mol. The minimum absolute atomic E-state index is 0.0951. The van der Waals surface area contributed by atoms with Crippen LogP contribution in [0.5, 0.6) is 23.0 Å². The van der Waals surface area contributed by atoms with Crippen molar-refractivity contribution in [2.24, 2.45) is 0 Å². The van der Waals surface area contributed by atoms with Crippen molar-refractivity contribution < 1.29 is 27.8 Å². The van der Waals surface area contributed by atoms with E-state index in [1.54, 1.807) is 18.2 Å². The first-order chi connectivity index (χ1) is 21.9. The van der Waals surface area contributed by atoms with Gasteiger partial charge in [-0.3, -0.25) is 19.1 Å². The van der Waals surface area contributed by atoms with Gasteiger partial charge >= 0.3 is 0 Å². The van der Waals surface area contributed by atoms with Crippen molar-refractivity contribution in [2.75, 3.05) is 12.4 Å². The maximum absolute atomic E-state index is 15.2. The number of carbonyl (C=O) groups is 1. The van der Waals surface area contributed by atoms with Crippen LogP contribution in [0.15, 0.2) is 120 Å². The van der Waals surface area contributed by atoms with Crippen LogP contribution in [0.25, 0.3) is 16.6 Å². The van der Waals surface area contributed by atoms with Gasteiger partial charge in [0.2, 0.25) is 0 Å². The largest absolute Gasteiger partial charge is 0.493 e. The molecule has 0 bridgehead atoms. The number of hydrogen-bond donors (Lipinski definition) is 1. The number of aromatic nitrogens is 2. The molecule has 1 amide bonds. The molecule has 0 fully saturated rings. The number of benzene rings is 4. The monoisotopic (exact) mass is 605 g/mol. The summed E-state index contributed by atoms with van der Waals surface area (Å²) in [5.41, 5.74) is 1.26. The van der Waals surface area contributed by atoms with E-state index in [2.05, 4.69) is 10.3 Å². The molecule has 1 N–H and O–H groups in total. The number of nitrogens with zero attached hydrogens (tertiary/aromatic N) is 2. The lowest BCUT2D eigenvalue weighted by molar-refractivity contribution is 0.102. The Kier molecular flexibility index (Phi) is 8.19. The van der Waals surface area contributed by atoms with E-state index in [-0.39, 0.29) is 17.0 Å². The van der Waals surface area contributed by atoms with E-state index in [0.29, 0.717) is 40.4 Å². The van der Waals surface area contributed by atoms with Crippen LogP contribution in [-0.2, 0) is 6.61 Å². The number of hydrogen-bond acceptors (Lipinski definition) is 6. The molecule has 0 aliphatic rings. The Bertz CT molecular complexity index is 2070. The van der Waals surface area contributed by atoms with Crippen LogP contribution in [0, 0.1) is 11.6 Å². The Morgan fingerprint density at radius 1 is 0.844 bits per heavy atom. The number of ether oxygens (including phenoxy) is 3. The molecule has 0 saturated carbocycles. The fourth-order valence-electron chi connectivity index (χ4n) is 4.68. The number of rotatable bonds is 9. The second-order valence-corrected chi connectivity index (χ2v) is 9.88. The lowest BCUT2D eigenvalue weighted by Gasteiger charge is -2.14. The van der Waals surface area contributed by atoms with Crippen LogP contribution in [0.1, 0.15) is 15.9 Å². The van der Waals surface area contributed by atoms with Crippen LogP contribution in [0.4, 0.5) is 14.5 Å². The lowest BCUT2D eigenvalue weighted by atomic mass is 10.1. The summed E-state index contributed by atoms with van der Waals surface area (Å²) < 4.78 is 47.2. The molecule has 4 aromatic carbocycles. The number of anilines is 1. The Morgan fingerprint density at radius 2 is 1.64 bits per heavy atom. The molecule has 224 valence electrons. The van der Waals surface area contributed by atoms with E-state index in [1.165, 1.54) is 72.6 Å². The normalized spacial score (nSPS) is 10.8. The first kappa shape index (κ1) is 29.1. The lowest BCUT2D eigenvalue weighted by Crippen LogP contribution is -2.27. The smallest absolute Gasteiger partial charge is 0.267 e. The second kappa shape index (κ2) is 12.7. The predicted octanol–water partition coefficient (Wildman–Crippen LogP) is 7.30. The summed E-state index contributed by atoms with van der Waals surface area (Å²) in [4.78, 5) is 30.3. The number of nitrogens with one attached hydrogen (secondary N) is 1. The highest BCUT2D eigenvalue weighted by atomic mass is 19.1. The van der Waals surface area contributed by atoms with Crippen LogP contribution in [0.2, 0.25) is 0 Å². The molecule has 0 spiro atoms. The van der Waals surface area contributed by atoms with E-state index >= 15 is 4.39 Å². The maximum atomic E-state index is 15.2. The van der Waals surface area contributed by atoms with E-state index in [1.807, 2.05) is 30.3 Å². The number of methoxy groups -OCH3 is 1. The van der Waals surface area contributed by atoms with Gasteiger partial charge in [-0.1, -0.05) is 30.3 Å². The first-order valence-electron chi connectivity index (χ1n) is 13.8. The third-order valence-electron chi connectivity index (χ3n) is 6.93. The molecule has 0 aliphatic heterocycles. The van der Waals surface area contributed by atoms with Crippen molar-refractivity contribution in [1.82, 2.24) is 9.55 Å². The SMILES string of the molecule is COc1cc2c(Oc3ccc(NC(=O)c4cccn(-c5ccc(F)cc5)c4=O)cc3F)ccnc2cc1OCc1ccccc1. The van der Waals surface area contributed by atoms with Gasteiger partial charge in [0, 0.05) is 41.3 Å². The highest BCUT2D eigenvalue weighted by Crippen LogP contribution is 2.38. The summed E-state index contributed by atoms with van der Waals surface area (Å²) in [7, 11) is 1.52. The fourth-order valence-corrected chi connectivity index (χ4v) is 4.68. The van der Waals surface area contributed by atoms with E-state index < -0.39 is 23.1 Å². The second-order valence-electron chi connectivity index (χ2n) is 9.88. The Hall–Kier alpha value is -6.03. The average Bonchev–Trinajstić information content (AvgIpc) is 3.05. The molecule has 0 radical (unpaired) electrons. The molecule has 0 unspecified atom stereocenters. The minimum atomic E-state index is -0.746. The van der Waals surface area contributed by atoms with Gasteiger partial charge in [0.1, 0.15) is 23.7 Å². The standard InChI is InChI=1S/C35H25F2N3O5/c1-43-32-19-27-29(20-33(32)44-21-22-6-3-2-4-7-22)38-16-15-30(27)45-31-14-11-24(18-28(31)37)39-34(41)26-8-5-17-40(35(26)42)25-12-9-23(36)10-13-25/h2-20H,21H2,1H3,(H,39,41). The van der Waals surface area contributed by atoms with Crippen molar-refractivity contribution in [3.63, 3.8) is 0 Å². The highest BCUT2D eigenvalue weighted by Gasteiger charge is 2.17. The van der Waals surface area contributed by atoms with Gasteiger partial charge in [-0.05, 0) is 66.2 Å². The number of carbonyl (C=O) groups excluding carboxylic acids is 1. The molecule has 2 aromatic heterocycles. The molecule has 8 nitrogen and oxygen atoms in total. The van der Waals surface area contributed by atoms with Crippen LogP contribution in [0.3, 0.4) is 0 Å². The summed E-state index contributed by atoms with van der Waals surface area (Å²) in [6, 6.07) is 26.8. The van der Waals surface area contributed by atoms with Gasteiger partial charge in [0.15, 0.2) is 23.1 Å². The molecule has 0 saturated heterocycles. The molecule has 2 heterocycles.